The molecule has 0 aromatic carbocycles. The van der Waals surface area contributed by atoms with Gasteiger partial charge in [0.15, 0.2) is 0 Å². The largest absolute Gasteiger partial charge is 0.336 e. The van der Waals surface area contributed by atoms with E-state index >= 15 is 0 Å². The number of nitrogens with zero attached hydrogens (tertiary/aromatic N) is 2. The standard InChI is InChI=1S/C15H30N4O/c1-13(2)11-16-12-14-5-3-4-7-18(14)9-10-19-8-6-17-15(19)20/h13-14,16H,3-12H2,1-2H3,(H,17,20). The van der Waals surface area contributed by atoms with Gasteiger partial charge in [-0.3, -0.25) is 4.90 Å². The van der Waals surface area contributed by atoms with Crippen molar-refractivity contribution in [3.63, 3.8) is 0 Å². The minimum absolute atomic E-state index is 0.108. The average Bonchev–Trinajstić information content (AvgIpc) is 2.83. The van der Waals surface area contributed by atoms with E-state index in [0.717, 1.165) is 39.3 Å². The first-order chi connectivity index (χ1) is 9.66. The number of nitrogens with one attached hydrogen (secondary N) is 2. The summed E-state index contributed by atoms with van der Waals surface area (Å²) in [6, 6.07) is 0.754. The van der Waals surface area contributed by atoms with Gasteiger partial charge < -0.3 is 15.5 Å². The molecule has 5 heteroatoms. The van der Waals surface area contributed by atoms with Gasteiger partial charge in [0.2, 0.25) is 0 Å². The van der Waals surface area contributed by atoms with Crippen LogP contribution in [0.5, 0.6) is 0 Å². The van der Waals surface area contributed by atoms with Gasteiger partial charge in [-0.25, -0.2) is 4.79 Å². The summed E-state index contributed by atoms with van der Waals surface area (Å²) in [5, 5.41) is 6.46. The Bertz CT molecular complexity index is 308. The summed E-state index contributed by atoms with van der Waals surface area (Å²) in [7, 11) is 0. The number of hydrogen-bond donors (Lipinski definition) is 2. The normalized spacial score (nSPS) is 24.4. The topological polar surface area (TPSA) is 47.6 Å². The molecule has 5 nitrogen and oxygen atoms in total. The van der Waals surface area contributed by atoms with Crippen LogP contribution in [-0.2, 0) is 0 Å². The van der Waals surface area contributed by atoms with E-state index in [0.29, 0.717) is 12.0 Å². The second kappa shape index (κ2) is 7.84. The van der Waals surface area contributed by atoms with Crippen LogP contribution in [0.1, 0.15) is 33.1 Å². The van der Waals surface area contributed by atoms with Gasteiger partial charge in [-0.05, 0) is 31.8 Å². The fourth-order valence-electron chi connectivity index (χ4n) is 3.10. The highest BCUT2D eigenvalue weighted by molar-refractivity contribution is 5.76. The van der Waals surface area contributed by atoms with Crippen LogP contribution in [-0.4, -0.2) is 67.7 Å². The number of carbonyl (C=O) groups excluding carboxylic acids is 1. The van der Waals surface area contributed by atoms with E-state index < -0.39 is 0 Å². The van der Waals surface area contributed by atoms with Gasteiger partial charge in [0.1, 0.15) is 0 Å². The Labute approximate surface area is 123 Å². The number of rotatable bonds is 7. The first-order valence-electron chi connectivity index (χ1n) is 8.14. The summed E-state index contributed by atoms with van der Waals surface area (Å²) in [4.78, 5) is 16.1. The predicted molar refractivity (Wildman–Crippen MR) is 81.9 cm³/mol. The minimum Gasteiger partial charge on any atom is -0.336 e. The van der Waals surface area contributed by atoms with Crippen molar-refractivity contribution in [3.05, 3.63) is 0 Å². The summed E-state index contributed by atoms with van der Waals surface area (Å²) in [5.74, 6) is 0.709. The molecule has 116 valence electrons. The van der Waals surface area contributed by atoms with Crippen molar-refractivity contribution in [1.82, 2.24) is 20.4 Å². The van der Waals surface area contributed by atoms with Gasteiger partial charge in [-0.15, -0.1) is 0 Å². The quantitative estimate of drug-likeness (QED) is 0.735. The summed E-state index contributed by atoms with van der Waals surface area (Å²) >= 11 is 0. The first kappa shape index (κ1) is 15.6. The maximum atomic E-state index is 11.6. The van der Waals surface area contributed by atoms with Crippen molar-refractivity contribution in [2.75, 3.05) is 45.8 Å². The summed E-state index contributed by atoms with van der Waals surface area (Å²) < 4.78 is 0. The van der Waals surface area contributed by atoms with E-state index in [4.69, 9.17) is 0 Å². The summed E-state index contributed by atoms with van der Waals surface area (Å²) in [5.41, 5.74) is 0. The van der Waals surface area contributed by atoms with Crippen molar-refractivity contribution in [1.29, 1.82) is 0 Å². The number of hydrogen-bond acceptors (Lipinski definition) is 3. The molecule has 0 aromatic heterocycles. The molecule has 2 saturated heterocycles. The van der Waals surface area contributed by atoms with E-state index in [1.165, 1.54) is 25.8 Å². The zero-order valence-corrected chi connectivity index (χ0v) is 13.0. The van der Waals surface area contributed by atoms with Crippen LogP contribution in [0.2, 0.25) is 0 Å². The predicted octanol–water partition coefficient (Wildman–Crippen LogP) is 1.11. The van der Waals surface area contributed by atoms with E-state index in [2.05, 4.69) is 29.4 Å². The fraction of sp³-hybridized carbons (Fsp3) is 0.933. The number of likely N-dealkylation sites (tertiary alicyclic amines) is 1. The highest BCUT2D eigenvalue weighted by Gasteiger charge is 2.24. The van der Waals surface area contributed by atoms with Gasteiger partial charge in [0, 0.05) is 38.8 Å². The molecule has 2 aliphatic rings. The van der Waals surface area contributed by atoms with Crippen molar-refractivity contribution < 1.29 is 4.79 Å². The van der Waals surface area contributed by atoms with E-state index in [9.17, 15) is 4.79 Å². The molecule has 2 heterocycles. The third-order valence-corrected chi connectivity index (χ3v) is 4.28. The smallest absolute Gasteiger partial charge is 0.317 e. The third-order valence-electron chi connectivity index (χ3n) is 4.28. The number of amides is 2. The van der Waals surface area contributed by atoms with Crippen molar-refractivity contribution in [3.8, 4) is 0 Å². The maximum Gasteiger partial charge on any atom is 0.317 e. The molecule has 2 N–H and O–H groups in total. The second-order valence-corrected chi connectivity index (χ2v) is 6.46. The molecule has 0 radical (unpaired) electrons. The van der Waals surface area contributed by atoms with Crippen LogP contribution in [0.25, 0.3) is 0 Å². The molecular weight excluding hydrogens is 252 g/mol. The lowest BCUT2D eigenvalue weighted by atomic mass is 10.0. The molecule has 0 saturated carbocycles. The van der Waals surface area contributed by atoms with Crippen LogP contribution in [0.15, 0.2) is 0 Å². The highest BCUT2D eigenvalue weighted by Crippen LogP contribution is 2.16. The first-order valence-corrected chi connectivity index (χ1v) is 8.14. The maximum absolute atomic E-state index is 11.6. The van der Waals surface area contributed by atoms with E-state index in [1.807, 2.05) is 4.90 Å². The molecular formula is C15H30N4O. The van der Waals surface area contributed by atoms with Crippen molar-refractivity contribution >= 4 is 6.03 Å². The summed E-state index contributed by atoms with van der Waals surface area (Å²) in [6.07, 6.45) is 3.93. The Kier molecular flexibility index (Phi) is 6.10. The SMILES string of the molecule is CC(C)CNCC1CCCCN1CCN1CCNC1=O. The zero-order chi connectivity index (χ0) is 14.4. The third kappa shape index (κ3) is 4.63. The average molecular weight is 282 g/mol. The lowest BCUT2D eigenvalue weighted by Crippen LogP contribution is -2.48. The van der Waals surface area contributed by atoms with Crippen molar-refractivity contribution in [2.24, 2.45) is 5.92 Å². The molecule has 1 atom stereocenters. The van der Waals surface area contributed by atoms with Gasteiger partial charge in [-0.1, -0.05) is 20.3 Å². The Morgan fingerprint density at radius 3 is 2.85 bits per heavy atom. The van der Waals surface area contributed by atoms with Crippen LogP contribution in [0, 0.1) is 5.92 Å². The lowest BCUT2D eigenvalue weighted by Gasteiger charge is -2.36. The lowest BCUT2D eigenvalue weighted by molar-refractivity contribution is 0.131. The van der Waals surface area contributed by atoms with Gasteiger partial charge in [0.05, 0.1) is 0 Å². The summed E-state index contributed by atoms with van der Waals surface area (Å²) in [6.45, 7) is 11.4. The molecule has 2 fully saturated rings. The Morgan fingerprint density at radius 2 is 2.15 bits per heavy atom. The molecule has 0 aliphatic carbocycles. The zero-order valence-electron chi connectivity index (χ0n) is 13.0. The molecule has 0 spiro atoms. The second-order valence-electron chi connectivity index (χ2n) is 6.46. The monoisotopic (exact) mass is 282 g/mol. The minimum atomic E-state index is 0.108. The molecule has 2 amide bonds. The molecule has 20 heavy (non-hydrogen) atoms. The van der Waals surface area contributed by atoms with Crippen LogP contribution in [0.3, 0.4) is 0 Å². The highest BCUT2D eigenvalue weighted by atomic mass is 16.2. The fourth-order valence-corrected chi connectivity index (χ4v) is 3.10. The van der Waals surface area contributed by atoms with E-state index in [-0.39, 0.29) is 6.03 Å². The van der Waals surface area contributed by atoms with Crippen LogP contribution >= 0.6 is 0 Å². The Hall–Kier alpha value is -0.810. The van der Waals surface area contributed by atoms with Gasteiger partial charge in [0.25, 0.3) is 0 Å². The van der Waals surface area contributed by atoms with Crippen LogP contribution < -0.4 is 10.6 Å². The molecule has 2 aliphatic heterocycles. The van der Waals surface area contributed by atoms with E-state index in [1.54, 1.807) is 0 Å². The molecule has 2 rings (SSSR count). The molecule has 1 unspecified atom stereocenters. The van der Waals surface area contributed by atoms with Crippen molar-refractivity contribution in [2.45, 2.75) is 39.2 Å². The molecule has 0 aromatic rings. The van der Waals surface area contributed by atoms with Crippen LogP contribution in [0.4, 0.5) is 4.79 Å². The molecule has 0 bridgehead atoms. The van der Waals surface area contributed by atoms with Gasteiger partial charge >= 0.3 is 6.03 Å². The Balaban J connectivity index is 1.73. The number of urea groups is 1. The number of piperidine rings is 1. The Morgan fingerprint density at radius 1 is 1.30 bits per heavy atom. The number of carbonyl (C=O) groups is 1. The van der Waals surface area contributed by atoms with Gasteiger partial charge in [-0.2, -0.15) is 0 Å².